The van der Waals surface area contributed by atoms with Crippen molar-refractivity contribution in [2.24, 2.45) is 24.8 Å². The number of carbonyl (C=O) groups excluding carboxylic acids is 1. The maximum atomic E-state index is 13.2. The Morgan fingerprint density at radius 3 is 2.55 bits per heavy atom. The van der Waals surface area contributed by atoms with Crippen LogP contribution in [0, 0.1) is 24.7 Å². The highest BCUT2D eigenvalue weighted by Crippen LogP contribution is 2.35. The van der Waals surface area contributed by atoms with E-state index >= 15 is 0 Å². The predicted molar refractivity (Wildman–Crippen MR) is 125 cm³/mol. The lowest BCUT2D eigenvalue weighted by Crippen LogP contribution is -2.37. The minimum Gasteiger partial charge on any atom is -0.459 e. The lowest BCUT2D eigenvalue weighted by molar-refractivity contribution is -0.634. The molecule has 4 heteroatoms. The smallest absolute Gasteiger partial charge is 0.348 e. The number of benzene rings is 2. The van der Waals surface area contributed by atoms with E-state index in [1.165, 1.54) is 12.0 Å². The largest absolute Gasteiger partial charge is 0.459 e. The summed E-state index contributed by atoms with van der Waals surface area (Å²) in [5, 5.41) is 0. The van der Waals surface area contributed by atoms with E-state index in [1.807, 2.05) is 12.1 Å². The van der Waals surface area contributed by atoms with Crippen molar-refractivity contribution >= 4 is 17.0 Å². The fourth-order valence-electron chi connectivity index (χ4n) is 5.18. The van der Waals surface area contributed by atoms with Crippen LogP contribution in [-0.4, -0.2) is 16.6 Å². The van der Waals surface area contributed by atoms with Gasteiger partial charge in [0.25, 0.3) is 5.82 Å². The summed E-state index contributed by atoms with van der Waals surface area (Å²) in [6, 6.07) is 16.7. The van der Waals surface area contributed by atoms with E-state index in [0.29, 0.717) is 17.8 Å². The second kappa shape index (κ2) is 8.86. The molecule has 0 spiro atoms. The van der Waals surface area contributed by atoms with E-state index in [0.717, 1.165) is 35.3 Å². The summed E-state index contributed by atoms with van der Waals surface area (Å²) in [6.07, 6.45) is 3.37. The Morgan fingerprint density at radius 1 is 1.13 bits per heavy atom. The molecule has 0 unspecified atom stereocenters. The summed E-state index contributed by atoms with van der Waals surface area (Å²) < 4.78 is 10.4. The highest BCUT2D eigenvalue weighted by Gasteiger charge is 2.34. The molecule has 4 rings (SSSR count). The molecule has 3 aromatic rings. The molecule has 0 saturated heterocycles. The van der Waals surface area contributed by atoms with Gasteiger partial charge in [0, 0.05) is 0 Å². The second-order valence-electron chi connectivity index (χ2n) is 9.68. The lowest BCUT2D eigenvalue weighted by atomic mass is 9.75. The third kappa shape index (κ3) is 4.39. The molecule has 1 aliphatic carbocycles. The van der Waals surface area contributed by atoms with E-state index in [2.05, 4.69) is 80.3 Å². The number of ether oxygens (including phenoxy) is 1. The number of esters is 1. The molecule has 0 bridgehead atoms. The standard InChI is InChI=1S/C27H35N2O2/c1-18(2)22-15-12-20(4)16-25(22)31-26(30)17-29-24-9-7-6-8-23(24)28(5)27(29)21-13-10-19(3)11-14-21/h6-11,13-14,18,20,22,25H,12,15-17H2,1-5H3/q+1/t20-,22+,25-/m1/s1. The predicted octanol–water partition coefficient (Wildman–Crippen LogP) is 5.45. The number of aryl methyl sites for hydroxylation is 2. The van der Waals surface area contributed by atoms with Gasteiger partial charge >= 0.3 is 5.97 Å². The zero-order valence-corrected chi connectivity index (χ0v) is 19.5. The lowest BCUT2D eigenvalue weighted by Gasteiger charge is -2.36. The molecule has 31 heavy (non-hydrogen) atoms. The number of nitrogens with zero attached hydrogens (tertiary/aromatic N) is 2. The number of fused-ring (bicyclic) bond motifs is 1. The van der Waals surface area contributed by atoms with Crippen LogP contribution in [0.1, 0.15) is 45.6 Å². The molecule has 4 nitrogen and oxygen atoms in total. The highest BCUT2D eigenvalue weighted by molar-refractivity contribution is 5.79. The van der Waals surface area contributed by atoms with Crippen molar-refractivity contribution in [1.29, 1.82) is 0 Å². The number of hydrogen-bond acceptors (Lipinski definition) is 2. The Morgan fingerprint density at radius 2 is 1.84 bits per heavy atom. The molecule has 0 N–H and O–H groups in total. The van der Waals surface area contributed by atoms with Gasteiger partial charge in [-0.2, -0.15) is 0 Å². The van der Waals surface area contributed by atoms with Crippen LogP contribution in [0.2, 0.25) is 0 Å². The van der Waals surface area contributed by atoms with Crippen LogP contribution in [0.5, 0.6) is 0 Å². The molecule has 1 aliphatic rings. The fraction of sp³-hybridized carbons (Fsp3) is 0.481. The molecule has 1 aromatic heterocycles. The van der Waals surface area contributed by atoms with Gasteiger partial charge in [-0.15, -0.1) is 0 Å². The van der Waals surface area contributed by atoms with Gasteiger partial charge in [0.15, 0.2) is 17.6 Å². The van der Waals surface area contributed by atoms with Crippen LogP contribution in [0.3, 0.4) is 0 Å². The molecule has 0 amide bonds. The number of hydrogen-bond donors (Lipinski definition) is 0. The van der Waals surface area contributed by atoms with Crippen molar-refractivity contribution in [2.45, 2.75) is 59.6 Å². The van der Waals surface area contributed by atoms with Gasteiger partial charge in [-0.3, -0.25) is 0 Å². The Bertz CT molecular complexity index is 1060. The number of para-hydroxylation sites is 2. The topological polar surface area (TPSA) is 35.1 Å². The fourth-order valence-corrected chi connectivity index (χ4v) is 5.18. The van der Waals surface area contributed by atoms with Crippen molar-refractivity contribution in [3.63, 3.8) is 0 Å². The molecular formula is C27H35N2O2+. The van der Waals surface area contributed by atoms with Gasteiger partial charge in [0.05, 0.1) is 12.6 Å². The first-order valence-electron chi connectivity index (χ1n) is 11.6. The Hall–Kier alpha value is -2.62. The van der Waals surface area contributed by atoms with E-state index < -0.39 is 0 Å². The normalized spacial score (nSPS) is 21.5. The summed E-state index contributed by atoms with van der Waals surface area (Å²) in [4.78, 5) is 13.2. The van der Waals surface area contributed by atoms with E-state index in [4.69, 9.17) is 4.74 Å². The van der Waals surface area contributed by atoms with Gasteiger partial charge in [0.2, 0.25) is 0 Å². The van der Waals surface area contributed by atoms with Gasteiger partial charge in [-0.25, -0.2) is 13.9 Å². The first-order chi connectivity index (χ1) is 14.8. The number of imidazole rings is 1. The summed E-state index contributed by atoms with van der Waals surface area (Å²) >= 11 is 0. The molecule has 2 aromatic carbocycles. The van der Waals surface area contributed by atoms with Crippen LogP contribution in [-0.2, 0) is 23.1 Å². The molecule has 1 fully saturated rings. The van der Waals surface area contributed by atoms with E-state index in [-0.39, 0.29) is 18.6 Å². The first-order valence-corrected chi connectivity index (χ1v) is 11.6. The number of rotatable bonds is 5. The Labute approximate surface area is 185 Å². The van der Waals surface area contributed by atoms with Crippen LogP contribution in [0.25, 0.3) is 22.4 Å². The highest BCUT2D eigenvalue weighted by atomic mass is 16.5. The van der Waals surface area contributed by atoms with Crippen LogP contribution in [0.4, 0.5) is 0 Å². The number of carbonyl (C=O) groups is 1. The molecule has 0 aliphatic heterocycles. The molecule has 164 valence electrons. The van der Waals surface area contributed by atoms with Gasteiger partial charge in [0.1, 0.15) is 6.10 Å². The van der Waals surface area contributed by atoms with Gasteiger partial charge in [-0.05, 0) is 61.8 Å². The Kier molecular flexibility index (Phi) is 6.17. The van der Waals surface area contributed by atoms with Crippen LogP contribution in [0.15, 0.2) is 48.5 Å². The molecule has 0 radical (unpaired) electrons. The monoisotopic (exact) mass is 419 g/mol. The Balaban J connectivity index is 1.67. The quantitative estimate of drug-likeness (QED) is 0.407. The summed E-state index contributed by atoms with van der Waals surface area (Å²) in [5.74, 6) is 2.48. The minimum atomic E-state index is -0.139. The molecule has 3 atom stereocenters. The van der Waals surface area contributed by atoms with Crippen molar-refractivity contribution in [1.82, 2.24) is 4.57 Å². The van der Waals surface area contributed by atoms with Crippen molar-refractivity contribution in [2.75, 3.05) is 0 Å². The number of aromatic nitrogens is 2. The maximum absolute atomic E-state index is 13.2. The zero-order valence-electron chi connectivity index (χ0n) is 19.5. The molecular weight excluding hydrogens is 384 g/mol. The zero-order chi connectivity index (χ0) is 22.1. The first kappa shape index (κ1) is 21.6. The molecule has 1 saturated carbocycles. The third-order valence-corrected chi connectivity index (χ3v) is 6.95. The van der Waals surface area contributed by atoms with Crippen LogP contribution < -0.4 is 4.57 Å². The van der Waals surface area contributed by atoms with Gasteiger partial charge in [-0.1, -0.05) is 57.0 Å². The average Bonchev–Trinajstić information content (AvgIpc) is 3.00. The van der Waals surface area contributed by atoms with Crippen molar-refractivity contribution in [3.05, 3.63) is 54.1 Å². The maximum Gasteiger partial charge on any atom is 0.348 e. The molecule has 1 heterocycles. The second-order valence-corrected chi connectivity index (χ2v) is 9.68. The van der Waals surface area contributed by atoms with E-state index in [9.17, 15) is 4.79 Å². The third-order valence-electron chi connectivity index (χ3n) is 6.95. The van der Waals surface area contributed by atoms with Crippen molar-refractivity contribution < 1.29 is 14.1 Å². The van der Waals surface area contributed by atoms with E-state index in [1.54, 1.807) is 0 Å². The van der Waals surface area contributed by atoms with Gasteiger partial charge < -0.3 is 4.74 Å². The summed E-state index contributed by atoms with van der Waals surface area (Å²) in [6.45, 7) is 9.08. The average molecular weight is 420 g/mol. The summed E-state index contributed by atoms with van der Waals surface area (Å²) in [7, 11) is 2.07. The SMILES string of the molecule is Cc1ccc(-c2n(CC(=O)O[C@@H]3C[C@H](C)CC[C@H]3C(C)C)c3ccccc3[n+]2C)cc1. The minimum absolute atomic E-state index is 0.0228. The van der Waals surface area contributed by atoms with Crippen molar-refractivity contribution in [3.8, 4) is 11.4 Å². The van der Waals surface area contributed by atoms with Crippen LogP contribution >= 0.6 is 0 Å². The summed E-state index contributed by atoms with van der Waals surface area (Å²) in [5.41, 5.74) is 4.48.